The molecule has 0 aliphatic carbocycles. The van der Waals surface area contributed by atoms with Crippen LogP contribution in [0.15, 0.2) is 48.0 Å². The lowest BCUT2D eigenvalue weighted by Crippen LogP contribution is -1.99. The highest BCUT2D eigenvalue weighted by Gasteiger charge is 2.08. The molecule has 0 unspecified atom stereocenters. The molecule has 3 nitrogen and oxygen atoms in total. The molecule has 4 heteroatoms. The number of thiophene rings is 1. The molecule has 20 heavy (non-hydrogen) atoms. The summed E-state index contributed by atoms with van der Waals surface area (Å²) < 4.78 is 0. The van der Waals surface area contributed by atoms with Gasteiger partial charge in [-0.2, -0.15) is 5.10 Å². The topological polar surface area (TPSA) is 40.7 Å². The third kappa shape index (κ3) is 2.75. The van der Waals surface area contributed by atoms with Gasteiger partial charge in [-0.15, -0.1) is 11.3 Å². The highest BCUT2D eigenvalue weighted by Crippen LogP contribution is 2.26. The minimum absolute atomic E-state index is 0.773. The summed E-state index contributed by atoms with van der Waals surface area (Å²) in [5.74, 6) is 0. The Balaban J connectivity index is 1.71. The quantitative estimate of drug-likeness (QED) is 0.732. The zero-order chi connectivity index (χ0) is 13.8. The van der Waals surface area contributed by atoms with Crippen LogP contribution in [-0.2, 0) is 13.0 Å². The molecule has 0 saturated heterocycles. The van der Waals surface area contributed by atoms with Crippen LogP contribution in [0.25, 0.3) is 10.6 Å². The lowest BCUT2D eigenvalue weighted by Gasteiger charge is -2.07. The summed E-state index contributed by atoms with van der Waals surface area (Å²) in [4.78, 5) is 1.22. The molecule has 2 N–H and O–H groups in total. The molecule has 0 bridgehead atoms. The van der Waals surface area contributed by atoms with E-state index in [1.54, 1.807) is 11.3 Å². The fourth-order valence-electron chi connectivity index (χ4n) is 2.13. The largest absolute Gasteiger partial charge is 0.381 e. The number of hydrogen-bond acceptors (Lipinski definition) is 3. The van der Waals surface area contributed by atoms with E-state index in [9.17, 15) is 0 Å². The second kappa shape index (κ2) is 5.92. The van der Waals surface area contributed by atoms with Gasteiger partial charge in [-0.25, -0.2) is 0 Å². The van der Waals surface area contributed by atoms with E-state index >= 15 is 0 Å². The molecule has 2 heterocycles. The number of rotatable bonds is 5. The first-order chi connectivity index (χ1) is 9.86. The lowest BCUT2D eigenvalue weighted by molar-refractivity contribution is 1.10. The maximum absolute atomic E-state index is 4.16. The highest BCUT2D eigenvalue weighted by atomic mass is 32.1. The van der Waals surface area contributed by atoms with Gasteiger partial charge in [0.1, 0.15) is 0 Å². The Morgan fingerprint density at radius 2 is 2.05 bits per heavy atom. The highest BCUT2D eigenvalue weighted by molar-refractivity contribution is 7.13. The monoisotopic (exact) mass is 283 g/mol. The van der Waals surface area contributed by atoms with Crippen molar-refractivity contribution in [3.8, 4) is 10.6 Å². The van der Waals surface area contributed by atoms with Crippen LogP contribution < -0.4 is 5.32 Å². The van der Waals surface area contributed by atoms with Gasteiger partial charge in [0.15, 0.2) is 0 Å². The van der Waals surface area contributed by atoms with Gasteiger partial charge in [0.05, 0.1) is 16.8 Å². The molecule has 0 amide bonds. The van der Waals surface area contributed by atoms with Crippen LogP contribution in [0.5, 0.6) is 0 Å². The minimum Gasteiger partial charge on any atom is -0.381 e. The van der Waals surface area contributed by atoms with E-state index in [1.165, 1.54) is 16.0 Å². The molecule has 0 aliphatic rings. The van der Waals surface area contributed by atoms with Crippen molar-refractivity contribution in [2.24, 2.45) is 0 Å². The Morgan fingerprint density at radius 1 is 1.20 bits per heavy atom. The Hall–Kier alpha value is -2.07. The molecule has 0 spiro atoms. The van der Waals surface area contributed by atoms with Gasteiger partial charge >= 0.3 is 0 Å². The summed E-state index contributed by atoms with van der Waals surface area (Å²) in [6, 6.07) is 12.8. The number of aromatic nitrogens is 2. The van der Waals surface area contributed by atoms with E-state index in [-0.39, 0.29) is 0 Å². The van der Waals surface area contributed by atoms with E-state index in [0.717, 1.165) is 24.3 Å². The maximum Gasteiger partial charge on any atom is 0.0799 e. The number of benzene rings is 1. The van der Waals surface area contributed by atoms with Crippen LogP contribution in [0.4, 0.5) is 5.69 Å². The smallest absolute Gasteiger partial charge is 0.0799 e. The van der Waals surface area contributed by atoms with Gasteiger partial charge < -0.3 is 5.32 Å². The van der Waals surface area contributed by atoms with E-state index in [0.29, 0.717) is 0 Å². The normalized spacial score (nSPS) is 10.7. The van der Waals surface area contributed by atoms with Crippen LogP contribution in [0, 0.1) is 0 Å². The first-order valence-corrected chi connectivity index (χ1v) is 7.63. The van der Waals surface area contributed by atoms with E-state index in [2.05, 4.69) is 64.2 Å². The number of aryl methyl sites for hydroxylation is 1. The zero-order valence-corrected chi connectivity index (χ0v) is 12.2. The standard InChI is InChI=1S/C16H17N3S/c1-2-12-5-7-14(8-6-12)17-10-13-11-18-19-16(13)15-4-3-9-20-15/h3-9,11,17H,2,10H2,1H3,(H,18,19). The molecule has 0 atom stereocenters. The molecule has 0 saturated carbocycles. The summed E-state index contributed by atoms with van der Waals surface area (Å²) in [6.07, 6.45) is 2.97. The summed E-state index contributed by atoms with van der Waals surface area (Å²) in [5, 5.41) is 12.8. The minimum atomic E-state index is 0.773. The van der Waals surface area contributed by atoms with Crippen LogP contribution >= 0.6 is 11.3 Å². The molecule has 0 radical (unpaired) electrons. The third-order valence-electron chi connectivity index (χ3n) is 3.33. The van der Waals surface area contributed by atoms with Crippen molar-refractivity contribution in [1.29, 1.82) is 0 Å². The third-order valence-corrected chi connectivity index (χ3v) is 4.22. The fraction of sp³-hybridized carbons (Fsp3) is 0.188. The molecule has 3 rings (SSSR count). The summed E-state index contributed by atoms with van der Waals surface area (Å²) in [5.41, 5.74) is 4.79. The van der Waals surface area contributed by atoms with Gasteiger partial charge in [0.25, 0.3) is 0 Å². The summed E-state index contributed by atoms with van der Waals surface area (Å²) in [6.45, 7) is 2.94. The van der Waals surface area contributed by atoms with E-state index < -0.39 is 0 Å². The molecular formula is C16H17N3S. The number of hydrogen-bond donors (Lipinski definition) is 2. The second-order valence-corrected chi connectivity index (χ2v) is 5.60. The summed E-state index contributed by atoms with van der Waals surface area (Å²) >= 11 is 1.72. The van der Waals surface area contributed by atoms with Gasteiger partial charge in [-0.05, 0) is 35.6 Å². The SMILES string of the molecule is CCc1ccc(NCc2cn[nH]c2-c2cccs2)cc1. The van der Waals surface area contributed by atoms with Gasteiger partial charge in [-0.3, -0.25) is 5.10 Å². The predicted molar refractivity (Wildman–Crippen MR) is 85.0 cm³/mol. The molecular weight excluding hydrogens is 266 g/mol. The van der Waals surface area contributed by atoms with Crippen molar-refractivity contribution >= 4 is 17.0 Å². The van der Waals surface area contributed by atoms with Crippen molar-refractivity contribution in [2.45, 2.75) is 19.9 Å². The molecule has 0 aliphatic heterocycles. The average Bonchev–Trinajstić information content (AvgIpc) is 3.16. The number of nitrogens with one attached hydrogen (secondary N) is 2. The molecule has 0 fully saturated rings. The Bertz CT molecular complexity index is 653. The van der Waals surface area contributed by atoms with Crippen LogP contribution in [-0.4, -0.2) is 10.2 Å². The Morgan fingerprint density at radius 3 is 2.75 bits per heavy atom. The molecule has 3 aromatic rings. The van der Waals surface area contributed by atoms with Crippen molar-refractivity contribution in [3.63, 3.8) is 0 Å². The summed E-state index contributed by atoms with van der Waals surface area (Å²) in [7, 11) is 0. The van der Waals surface area contributed by atoms with Gasteiger partial charge in [0, 0.05) is 17.8 Å². The van der Waals surface area contributed by atoms with Crippen molar-refractivity contribution in [2.75, 3.05) is 5.32 Å². The Kier molecular flexibility index (Phi) is 3.83. The molecule has 1 aromatic carbocycles. The number of H-pyrrole nitrogens is 1. The fourth-order valence-corrected chi connectivity index (χ4v) is 2.89. The lowest BCUT2D eigenvalue weighted by atomic mass is 10.1. The number of nitrogens with zero attached hydrogens (tertiary/aromatic N) is 1. The van der Waals surface area contributed by atoms with Crippen LogP contribution in [0.2, 0.25) is 0 Å². The molecule has 102 valence electrons. The van der Waals surface area contributed by atoms with Gasteiger partial charge in [-0.1, -0.05) is 25.1 Å². The van der Waals surface area contributed by atoms with Crippen molar-refractivity contribution < 1.29 is 0 Å². The number of anilines is 1. The van der Waals surface area contributed by atoms with E-state index in [1.807, 2.05) is 6.20 Å². The second-order valence-electron chi connectivity index (χ2n) is 4.65. The molecule has 2 aromatic heterocycles. The van der Waals surface area contributed by atoms with E-state index in [4.69, 9.17) is 0 Å². The predicted octanol–water partition coefficient (Wildman–Crippen LogP) is 4.31. The average molecular weight is 283 g/mol. The zero-order valence-electron chi connectivity index (χ0n) is 11.4. The van der Waals surface area contributed by atoms with Crippen molar-refractivity contribution in [1.82, 2.24) is 10.2 Å². The van der Waals surface area contributed by atoms with Crippen molar-refractivity contribution in [3.05, 3.63) is 59.1 Å². The van der Waals surface area contributed by atoms with Crippen LogP contribution in [0.3, 0.4) is 0 Å². The van der Waals surface area contributed by atoms with Gasteiger partial charge in [0.2, 0.25) is 0 Å². The number of aromatic amines is 1. The Labute approximate surface area is 122 Å². The van der Waals surface area contributed by atoms with Crippen LogP contribution in [0.1, 0.15) is 18.1 Å². The maximum atomic E-state index is 4.16. The first kappa shape index (κ1) is 12.9. The first-order valence-electron chi connectivity index (χ1n) is 6.75.